The molecule has 0 aliphatic rings. The van der Waals surface area contributed by atoms with Crippen molar-refractivity contribution in [2.45, 2.75) is 13.0 Å². The van der Waals surface area contributed by atoms with Gasteiger partial charge in [0.2, 0.25) is 11.6 Å². The lowest BCUT2D eigenvalue weighted by molar-refractivity contribution is -0.386. The number of methoxy groups -OCH3 is 1. The number of furan rings is 1. The van der Waals surface area contributed by atoms with Crippen LogP contribution in [0.5, 0.6) is 11.5 Å². The highest BCUT2D eigenvalue weighted by Gasteiger charge is 2.26. The molecule has 3 aromatic carbocycles. The van der Waals surface area contributed by atoms with E-state index in [1.165, 1.54) is 26.3 Å². The molecule has 0 saturated heterocycles. The van der Waals surface area contributed by atoms with Crippen LogP contribution in [-0.2, 0) is 4.79 Å². The van der Waals surface area contributed by atoms with Crippen LogP contribution < -0.4 is 15.0 Å². The van der Waals surface area contributed by atoms with E-state index in [4.69, 9.17) is 25.5 Å². The Morgan fingerprint density at radius 3 is 2.73 bits per heavy atom. The van der Waals surface area contributed by atoms with E-state index in [0.29, 0.717) is 21.5 Å². The number of benzene rings is 3. The van der Waals surface area contributed by atoms with Gasteiger partial charge in [-0.25, -0.2) is 9.78 Å². The van der Waals surface area contributed by atoms with E-state index in [0.717, 1.165) is 10.7 Å². The lowest BCUT2D eigenvalue weighted by Gasteiger charge is -2.14. The SMILES string of the molecule is COc1cc(C=Nn2c(-c3cc4cc(Cl)ccc4o3)nc3ccccc3c2=O)cc([N+](=O)[O-])c1O[C@@H](C)C(=O)O. The number of rotatable bonds is 8. The van der Waals surface area contributed by atoms with Gasteiger partial charge in [0, 0.05) is 22.0 Å². The minimum atomic E-state index is -1.38. The molecular weight excluding hydrogens is 544 g/mol. The second-order valence-corrected chi connectivity index (χ2v) is 8.97. The highest BCUT2D eigenvalue weighted by molar-refractivity contribution is 6.31. The Balaban J connectivity index is 1.67. The van der Waals surface area contributed by atoms with Gasteiger partial charge in [-0.2, -0.15) is 9.78 Å². The van der Waals surface area contributed by atoms with Crippen molar-refractivity contribution in [2.75, 3.05) is 7.11 Å². The van der Waals surface area contributed by atoms with E-state index < -0.39 is 28.2 Å². The van der Waals surface area contributed by atoms with Crippen molar-refractivity contribution in [1.29, 1.82) is 0 Å². The van der Waals surface area contributed by atoms with Crippen LogP contribution in [-0.4, -0.2) is 45.1 Å². The van der Waals surface area contributed by atoms with Gasteiger partial charge in [-0.3, -0.25) is 14.9 Å². The number of carboxylic acids is 1. The molecule has 0 aliphatic carbocycles. The molecule has 0 bridgehead atoms. The summed E-state index contributed by atoms with van der Waals surface area (Å²) in [5.41, 5.74) is 0.0447. The molecular formula is C27H19ClN4O8. The third-order valence-electron chi connectivity index (χ3n) is 5.89. The minimum Gasteiger partial charge on any atom is -0.493 e. The predicted molar refractivity (Wildman–Crippen MR) is 147 cm³/mol. The first-order valence-corrected chi connectivity index (χ1v) is 12.1. The molecule has 13 heteroatoms. The molecule has 2 heterocycles. The van der Waals surface area contributed by atoms with Crippen molar-refractivity contribution in [1.82, 2.24) is 9.66 Å². The van der Waals surface area contributed by atoms with Crippen LogP contribution >= 0.6 is 11.6 Å². The molecule has 5 rings (SSSR count). The van der Waals surface area contributed by atoms with Crippen LogP contribution in [0.25, 0.3) is 33.5 Å². The summed E-state index contributed by atoms with van der Waals surface area (Å²) in [6.45, 7) is 1.23. The zero-order valence-electron chi connectivity index (χ0n) is 20.9. The molecule has 0 saturated carbocycles. The smallest absolute Gasteiger partial charge is 0.344 e. The molecule has 12 nitrogen and oxygen atoms in total. The molecule has 5 aromatic rings. The maximum Gasteiger partial charge on any atom is 0.344 e. The quantitative estimate of drug-likeness (QED) is 0.154. The summed E-state index contributed by atoms with van der Waals surface area (Å²) < 4.78 is 17.5. The zero-order valence-corrected chi connectivity index (χ0v) is 21.7. The standard InChI is InChI=1S/C27H19ClN4O8/c1-14(27(34)35)39-24-20(32(36)37)9-15(10-22(24)38-2)13-29-31-25(30-19-6-4-3-5-18(19)26(31)33)23-12-16-11-17(28)7-8-21(16)40-23/h3-14H,1-2H3,(H,34,35)/t14-/m0/s1. The summed E-state index contributed by atoms with van der Waals surface area (Å²) in [6, 6.07) is 15.9. The van der Waals surface area contributed by atoms with Gasteiger partial charge in [0.25, 0.3) is 5.56 Å². The third-order valence-corrected chi connectivity index (χ3v) is 6.13. The zero-order chi connectivity index (χ0) is 28.6. The van der Waals surface area contributed by atoms with Crippen molar-refractivity contribution in [2.24, 2.45) is 5.10 Å². The maximum atomic E-state index is 13.5. The largest absolute Gasteiger partial charge is 0.493 e. The number of para-hydroxylation sites is 1. The fourth-order valence-corrected chi connectivity index (χ4v) is 4.14. The topological polar surface area (TPSA) is 159 Å². The Morgan fingerprint density at radius 2 is 2.00 bits per heavy atom. The second kappa shape index (κ2) is 10.5. The van der Waals surface area contributed by atoms with Crippen molar-refractivity contribution >= 4 is 51.3 Å². The van der Waals surface area contributed by atoms with Gasteiger partial charge < -0.3 is 19.0 Å². The first-order valence-electron chi connectivity index (χ1n) is 11.7. The first kappa shape index (κ1) is 26.4. The Kier molecular flexibility index (Phi) is 6.92. The highest BCUT2D eigenvalue weighted by atomic mass is 35.5. The molecule has 0 fully saturated rings. The van der Waals surface area contributed by atoms with E-state index in [-0.39, 0.29) is 34.0 Å². The number of carbonyl (C=O) groups is 1. The molecule has 202 valence electrons. The number of nitro benzene ring substituents is 1. The lowest BCUT2D eigenvalue weighted by Crippen LogP contribution is -2.23. The molecule has 0 unspecified atom stereocenters. The third kappa shape index (κ3) is 4.95. The van der Waals surface area contributed by atoms with Crippen LogP contribution in [0.4, 0.5) is 5.69 Å². The van der Waals surface area contributed by atoms with Crippen molar-refractivity contribution in [3.63, 3.8) is 0 Å². The Hall–Kier alpha value is -5.23. The van der Waals surface area contributed by atoms with E-state index in [9.17, 15) is 24.8 Å². The Morgan fingerprint density at radius 1 is 1.23 bits per heavy atom. The molecule has 1 atom stereocenters. The number of halogens is 1. The number of fused-ring (bicyclic) bond motifs is 2. The monoisotopic (exact) mass is 562 g/mol. The number of hydrogen-bond donors (Lipinski definition) is 1. The summed E-state index contributed by atoms with van der Waals surface area (Å²) in [6.07, 6.45) is -0.170. The summed E-state index contributed by atoms with van der Waals surface area (Å²) in [5, 5.41) is 26.8. The number of carboxylic acid groups (broad SMARTS) is 1. The summed E-state index contributed by atoms with van der Waals surface area (Å²) in [4.78, 5) is 40.4. The number of nitrogens with zero attached hydrogens (tertiary/aromatic N) is 4. The predicted octanol–water partition coefficient (Wildman–Crippen LogP) is 5.11. The van der Waals surface area contributed by atoms with E-state index >= 15 is 0 Å². The first-order chi connectivity index (χ1) is 19.2. The molecule has 0 aliphatic heterocycles. The van der Waals surface area contributed by atoms with Gasteiger partial charge in [-0.05, 0) is 49.4 Å². The number of hydrogen-bond acceptors (Lipinski definition) is 9. The normalized spacial score (nSPS) is 12.2. The van der Waals surface area contributed by atoms with Crippen molar-refractivity contribution < 1.29 is 28.7 Å². The van der Waals surface area contributed by atoms with Gasteiger partial charge in [-0.1, -0.05) is 23.7 Å². The van der Waals surface area contributed by atoms with E-state index in [1.54, 1.807) is 48.5 Å². The van der Waals surface area contributed by atoms with Crippen LogP contribution in [0.15, 0.2) is 75.0 Å². The summed E-state index contributed by atoms with van der Waals surface area (Å²) >= 11 is 6.11. The van der Waals surface area contributed by atoms with Crippen LogP contribution in [0, 0.1) is 10.1 Å². The molecule has 2 aromatic heterocycles. The summed E-state index contributed by atoms with van der Waals surface area (Å²) in [5.74, 6) is -1.44. The average Bonchev–Trinajstić information content (AvgIpc) is 3.35. The molecule has 40 heavy (non-hydrogen) atoms. The van der Waals surface area contributed by atoms with Crippen molar-refractivity contribution in [3.8, 4) is 23.1 Å². The van der Waals surface area contributed by atoms with Crippen LogP contribution in [0.3, 0.4) is 0 Å². The number of aliphatic carboxylic acids is 1. The van der Waals surface area contributed by atoms with Gasteiger partial charge in [0.15, 0.2) is 17.6 Å². The van der Waals surface area contributed by atoms with Crippen molar-refractivity contribution in [3.05, 3.63) is 91.7 Å². The molecule has 0 radical (unpaired) electrons. The number of nitro groups is 1. The van der Waals surface area contributed by atoms with E-state index in [2.05, 4.69) is 10.1 Å². The number of ether oxygens (including phenoxy) is 2. The number of aromatic nitrogens is 2. The maximum absolute atomic E-state index is 13.5. The second-order valence-electron chi connectivity index (χ2n) is 8.53. The minimum absolute atomic E-state index is 0.0870. The Bertz CT molecular complexity index is 1900. The van der Waals surface area contributed by atoms with E-state index in [1.807, 2.05) is 0 Å². The molecule has 1 N–H and O–H groups in total. The van der Waals surface area contributed by atoms with Gasteiger partial charge >= 0.3 is 11.7 Å². The lowest BCUT2D eigenvalue weighted by atomic mass is 10.1. The molecule has 0 spiro atoms. The Labute approximate surface area is 229 Å². The van der Waals surface area contributed by atoms with Gasteiger partial charge in [0.05, 0.1) is 29.2 Å². The molecule has 0 amide bonds. The summed E-state index contributed by atoms with van der Waals surface area (Å²) in [7, 11) is 1.25. The van der Waals surface area contributed by atoms with Gasteiger partial charge in [0.1, 0.15) is 5.58 Å². The van der Waals surface area contributed by atoms with Gasteiger partial charge in [-0.15, -0.1) is 0 Å². The fraction of sp³-hybridized carbons (Fsp3) is 0.111. The fourth-order valence-electron chi connectivity index (χ4n) is 3.95. The average molecular weight is 563 g/mol. The van der Waals surface area contributed by atoms with Crippen LogP contribution in [0.1, 0.15) is 12.5 Å². The van der Waals surface area contributed by atoms with Crippen LogP contribution in [0.2, 0.25) is 5.02 Å². The highest BCUT2D eigenvalue weighted by Crippen LogP contribution is 2.39.